The number of carbonyl (C=O) groups is 2. The molecule has 1 amide bonds. The molecular weight excluding hydrogens is 322 g/mol. The van der Waals surface area contributed by atoms with Crippen LogP contribution < -0.4 is 5.32 Å². The Bertz CT molecular complexity index is 514. The van der Waals surface area contributed by atoms with Gasteiger partial charge in [-0.25, -0.2) is 4.79 Å². The summed E-state index contributed by atoms with van der Waals surface area (Å²) in [6.07, 6.45) is 3.68. The number of carbonyl (C=O) groups excluding carboxylic acids is 1. The summed E-state index contributed by atoms with van der Waals surface area (Å²) < 4.78 is 0.920. The van der Waals surface area contributed by atoms with Crippen molar-refractivity contribution in [2.75, 3.05) is 0 Å². The van der Waals surface area contributed by atoms with Gasteiger partial charge < -0.3 is 10.4 Å². The van der Waals surface area contributed by atoms with Gasteiger partial charge in [-0.3, -0.25) is 4.79 Å². The molecule has 5 heteroatoms. The fourth-order valence-electron chi connectivity index (χ4n) is 1.67. The molecule has 1 aromatic rings. The predicted octanol–water partition coefficient (Wildman–Crippen LogP) is 3.08. The summed E-state index contributed by atoms with van der Waals surface area (Å²) in [4.78, 5) is 22.9. The van der Waals surface area contributed by atoms with E-state index >= 15 is 0 Å². The predicted molar refractivity (Wildman–Crippen MR) is 82.2 cm³/mol. The zero-order valence-electron chi connectivity index (χ0n) is 11.5. The van der Waals surface area contributed by atoms with Crippen molar-refractivity contribution in [2.24, 2.45) is 5.92 Å². The number of carboxylic acid groups (broad SMARTS) is 1. The number of hydrogen-bond acceptors (Lipinski definition) is 2. The second kappa shape index (κ2) is 7.85. The molecule has 4 nitrogen and oxygen atoms in total. The molecule has 2 N–H and O–H groups in total. The molecule has 0 saturated carbocycles. The summed E-state index contributed by atoms with van der Waals surface area (Å²) in [5.41, 5.74) is 0.866. The van der Waals surface area contributed by atoms with E-state index in [1.807, 2.05) is 31.2 Å². The van der Waals surface area contributed by atoms with E-state index in [0.29, 0.717) is 6.42 Å². The monoisotopic (exact) mass is 339 g/mol. The second-order valence-corrected chi connectivity index (χ2v) is 5.51. The Morgan fingerprint density at radius 2 is 2.15 bits per heavy atom. The zero-order valence-corrected chi connectivity index (χ0v) is 13.1. The maximum absolute atomic E-state index is 11.8. The molecule has 0 spiro atoms. The number of nitrogens with one attached hydrogen (secondary N) is 1. The lowest BCUT2D eigenvalue weighted by Gasteiger charge is -2.19. The van der Waals surface area contributed by atoms with Crippen molar-refractivity contribution < 1.29 is 14.7 Å². The number of halogens is 1. The van der Waals surface area contributed by atoms with Crippen molar-refractivity contribution in [1.29, 1.82) is 0 Å². The summed E-state index contributed by atoms with van der Waals surface area (Å²) in [5, 5.41) is 11.6. The van der Waals surface area contributed by atoms with Crippen LogP contribution in [0.3, 0.4) is 0 Å². The first-order chi connectivity index (χ1) is 9.43. The molecular formula is C15H18BrNO3. The number of amides is 1. The minimum absolute atomic E-state index is 0.115. The van der Waals surface area contributed by atoms with Crippen LogP contribution in [0.25, 0.3) is 6.08 Å². The average molecular weight is 340 g/mol. The van der Waals surface area contributed by atoms with Gasteiger partial charge in [0.2, 0.25) is 5.91 Å². The standard InChI is InChI=1S/C15H18BrNO3/c1-3-10(2)14(15(19)20)17-13(18)8-7-11-5-4-6-12(16)9-11/h4-10,14H,3H2,1-2H3,(H,17,18)(H,19,20)/t10?,14-/m0/s1. The molecule has 0 aliphatic carbocycles. The van der Waals surface area contributed by atoms with Crippen molar-refractivity contribution >= 4 is 33.9 Å². The highest BCUT2D eigenvalue weighted by Crippen LogP contribution is 2.13. The third kappa shape index (κ3) is 5.17. The maximum Gasteiger partial charge on any atom is 0.326 e. The van der Waals surface area contributed by atoms with Crippen LogP contribution in [0.15, 0.2) is 34.8 Å². The van der Waals surface area contributed by atoms with Crippen LogP contribution in [-0.2, 0) is 9.59 Å². The van der Waals surface area contributed by atoms with Crippen LogP contribution in [0.2, 0.25) is 0 Å². The Balaban J connectivity index is 2.68. The molecule has 0 aliphatic rings. The van der Waals surface area contributed by atoms with Crippen molar-refractivity contribution in [3.63, 3.8) is 0 Å². The molecule has 20 heavy (non-hydrogen) atoms. The highest BCUT2D eigenvalue weighted by Gasteiger charge is 2.24. The quantitative estimate of drug-likeness (QED) is 0.782. The van der Waals surface area contributed by atoms with E-state index in [0.717, 1.165) is 10.0 Å². The Morgan fingerprint density at radius 1 is 1.45 bits per heavy atom. The molecule has 2 atom stereocenters. The number of aliphatic carboxylic acids is 1. The van der Waals surface area contributed by atoms with E-state index in [1.54, 1.807) is 13.0 Å². The van der Waals surface area contributed by atoms with Crippen LogP contribution in [0.4, 0.5) is 0 Å². The first kappa shape index (κ1) is 16.4. The fraction of sp³-hybridized carbons (Fsp3) is 0.333. The van der Waals surface area contributed by atoms with Gasteiger partial charge in [0.25, 0.3) is 0 Å². The van der Waals surface area contributed by atoms with Gasteiger partial charge >= 0.3 is 5.97 Å². The largest absolute Gasteiger partial charge is 0.480 e. The van der Waals surface area contributed by atoms with Gasteiger partial charge in [-0.2, -0.15) is 0 Å². The second-order valence-electron chi connectivity index (χ2n) is 4.60. The van der Waals surface area contributed by atoms with Gasteiger partial charge in [0.1, 0.15) is 6.04 Å². The number of carboxylic acids is 1. The van der Waals surface area contributed by atoms with Crippen molar-refractivity contribution in [3.05, 3.63) is 40.4 Å². The Hall–Kier alpha value is -1.62. The number of hydrogen-bond donors (Lipinski definition) is 2. The molecule has 1 rings (SSSR count). The summed E-state index contributed by atoms with van der Waals surface area (Å²) in [6, 6.07) is 6.62. The molecule has 0 aromatic heterocycles. The van der Waals surface area contributed by atoms with Crippen LogP contribution >= 0.6 is 15.9 Å². The fourth-order valence-corrected chi connectivity index (χ4v) is 2.08. The summed E-state index contributed by atoms with van der Waals surface area (Å²) in [6.45, 7) is 3.70. The minimum Gasteiger partial charge on any atom is -0.480 e. The molecule has 0 aliphatic heterocycles. The van der Waals surface area contributed by atoms with Gasteiger partial charge in [-0.1, -0.05) is 48.3 Å². The first-order valence-corrected chi connectivity index (χ1v) is 7.20. The van der Waals surface area contributed by atoms with E-state index in [1.165, 1.54) is 6.08 Å². The van der Waals surface area contributed by atoms with Gasteiger partial charge in [-0.05, 0) is 29.7 Å². The molecule has 1 unspecified atom stereocenters. The third-order valence-electron chi connectivity index (χ3n) is 3.05. The lowest BCUT2D eigenvalue weighted by molar-refractivity contribution is -0.142. The van der Waals surface area contributed by atoms with E-state index in [9.17, 15) is 9.59 Å². The molecule has 108 valence electrons. The summed E-state index contributed by atoms with van der Waals surface area (Å²) in [7, 11) is 0. The van der Waals surface area contributed by atoms with Crippen molar-refractivity contribution in [2.45, 2.75) is 26.3 Å². The molecule has 0 saturated heterocycles. The topological polar surface area (TPSA) is 66.4 Å². The molecule has 0 heterocycles. The molecule has 0 radical (unpaired) electrons. The molecule has 0 bridgehead atoms. The normalized spacial score (nSPS) is 13.9. The van der Waals surface area contributed by atoms with Gasteiger partial charge in [0.15, 0.2) is 0 Å². The van der Waals surface area contributed by atoms with Crippen LogP contribution in [0.5, 0.6) is 0 Å². The Kier molecular flexibility index (Phi) is 6.45. The number of benzene rings is 1. The minimum atomic E-state index is -1.01. The average Bonchev–Trinajstić information content (AvgIpc) is 2.41. The van der Waals surface area contributed by atoms with E-state index in [4.69, 9.17) is 5.11 Å². The zero-order chi connectivity index (χ0) is 15.1. The third-order valence-corrected chi connectivity index (χ3v) is 3.55. The lowest BCUT2D eigenvalue weighted by atomic mass is 9.99. The van der Waals surface area contributed by atoms with Crippen molar-refractivity contribution in [1.82, 2.24) is 5.32 Å². The van der Waals surface area contributed by atoms with Crippen LogP contribution in [0, 0.1) is 5.92 Å². The first-order valence-electron chi connectivity index (χ1n) is 6.41. The van der Waals surface area contributed by atoms with Crippen LogP contribution in [-0.4, -0.2) is 23.0 Å². The van der Waals surface area contributed by atoms with Crippen LogP contribution in [0.1, 0.15) is 25.8 Å². The summed E-state index contributed by atoms with van der Waals surface area (Å²) in [5.74, 6) is -1.53. The maximum atomic E-state index is 11.8. The summed E-state index contributed by atoms with van der Waals surface area (Å²) >= 11 is 3.34. The lowest BCUT2D eigenvalue weighted by Crippen LogP contribution is -2.44. The molecule has 0 fully saturated rings. The highest BCUT2D eigenvalue weighted by molar-refractivity contribution is 9.10. The van der Waals surface area contributed by atoms with Gasteiger partial charge in [-0.15, -0.1) is 0 Å². The van der Waals surface area contributed by atoms with Gasteiger partial charge in [0, 0.05) is 10.5 Å². The number of rotatable bonds is 6. The van der Waals surface area contributed by atoms with Gasteiger partial charge in [0.05, 0.1) is 0 Å². The van der Waals surface area contributed by atoms with E-state index < -0.39 is 17.9 Å². The van der Waals surface area contributed by atoms with E-state index in [2.05, 4.69) is 21.2 Å². The molecule has 1 aromatic carbocycles. The SMILES string of the molecule is CCC(C)[C@H](NC(=O)C=Cc1cccc(Br)c1)C(=O)O. The van der Waals surface area contributed by atoms with Crippen molar-refractivity contribution in [3.8, 4) is 0 Å². The Morgan fingerprint density at radius 3 is 2.70 bits per heavy atom. The smallest absolute Gasteiger partial charge is 0.326 e. The Labute approximate surface area is 127 Å². The highest BCUT2D eigenvalue weighted by atomic mass is 79.9. The van der Waals surface area contributed by atoms with E-state index in [-0.39, 0.29) is 5.92 Å².